The smallest absolute Gasteiger partial charge is 0.258 e. The first-order valence-electron chi connectivity index (χ1n) is 3.57. The van der Waals surface area contributed by atoms with Crippen LogP contribution in [-0.2, 0) is 0 Å². The third-order valence-electron chi connectivity index (χ3n) is 1.60. The zero-order chi connectivity index (χ0) is 11.6. The van der Waals surface area contributed by atoms with Gasteiger partial charge in [-0.2, -0.15) is 4.39 Å². The van der Waals surface area contributed by atoms with Crippen LogP contribution < -0.4 is 0 Å². The molecule has 0 aliphatic rings. The van der Waals surface area contributed by atoms with E-state index in [2.05, 4.69) is 15.9 Å². The maximum atomic E-state index is 13.0. The number of rotatable bonds is 2. The molecule has 0 N–H and O–H groups in total. The highest BCUT2D eigenvalue weighted by atomic mass is 79.9. The molecule has 1 rings (SSSR count). The summed E-state index contributed by atoms with van der Waals surface area (Å²) in [6, 6.07) is 0.617. The zero-order valence-electron chi connectivity index (χ0n) is 7.01. The molecule has 0 aromatic heterocycles. The molecule has 0 spiro atoms. The van der Waals surface area contributed by atoms with E-state index in [0.29, 0.717) is 6.07 Å². The standard InChI is InChI=1S/C8H3BrF3NO2/c9-2-1-4-3-5(13(14)15)7(11)8(12)6(4)10/h1-3H/b2-1+. The monoisotopic (exact) mass is 281 g/mol. The first-order valence-corrected chi connectivity index (χ1v) is 4.49. The largest absolute Gasteiger partial charge is 0.308 e. The van der Waals surface area contributed by atoms with Crippen molar-refractivity contribution in [2.24, 2.45) is 0 Å². The van der Waals surface area contributed by atoms with Crippen LogP contribution in [-0.4, -0.2) is 4.92 Å². The molecule has 0 saturated heterocycles. The van der Waals surface area contributed by atoms with E-state index in [1.165, 1.54) is 4.99 Å². The van der Waals surface area contributed by atoms with Crippen molar-refractivity contribution in [1.29, 1.82) is 0 Å². The van der Waals surface area contributed by atoms with Gasteiger partial charge >= 0.3 is 5.69 Å². The van der Waals surface area contributed by atoms with Gasteiger partial charge in [0.05, 0.1) is 4.92 Å². The van der Waals surface area contributed by atoms with E-state index < -0.39 is 33.6 Å². The fraction of sp³-hybridized carbons (Fsp3) is 0. The fourth-order valence-electron chi connectivity index (χ4n) is 0.932. The summed E-state index contributed by atoms with van der Waals surface area (Å²) in [6.45, 7) is 0. The summed E-state index contributed by atoms with van der Waals surface area (Å²) in [5.41, 5.74) is -1.51. The van der Waals surface area contributed by atoms with Crippen LogP contribution in [0.2, 0.25) is 0 Å². The van der Waals surface area contributed by atoms with Gasteiger partial charge in [0.15, 0.2) is 5.82 Å². The summed E-state index contributed by atoms with van der Waals surface area (Å²) in [5.74, 6) is -5.12. The molecule has 7 heteroatoms. The van der Waals surface area contributed by atoms with E-state index in [9.17, 15) is 23.3 Å². The number of halogens is 4. The third kappa shape index (κ3) is 2.17. The molecular weight excluding hydrogens is 279 g/mol. The van der Waals surface area contributed by atoms with Gasteiger partial charge in [-0.3, -0.25) is 10.1 Å². The Kier molecular flexibility index (Phi) is 3.46. The first-order chi connectivity index (χ1) is 6.99. The van der Waals surface area contributed by atoms with Crippen molar-refractivity contribution in [3.05, 3.63) is 44.2 Å². The highest BCUT2D eigenvalue weighted by Crippen LogP contribution is 2.26. The quantitative estimate of drug-likeness (QED) is 0.474. The van der Waals surface area contributed by atoms with Crippen LogP contribution in [0.15, 0.2) is 11.1 Å². The molecule has 3 nitrogen and oxygen atoms in total. The van der Waals surface area contributed by atoms with Crippen LogP contribution >= 0.6 is 15.9 Å². The van der Waals surface area contributed by atoms with E-state index in [-0.39, 0.29) is 0 Å². The topological polar surface area (TPSA) is 43.1 Å². The van der Waals surface area contributed by atoms with Crippen molar-refractivity contribution in [2.45, 2.75) is 0 Å². The fourth-order valence-corrected chi connectivity index (χ4v) is 1.22. The van der Waals surface area contributed by atoms with Gasteiger partial charge in [-0.05, 0) is 11.1 Å². The number of nitro benzene ring substituents is 1. The average molecular weight is 282 g/mol. The van der Waals surface area contributed by atoms with Crippen LogP contribution in [0.1, 0.15) is 5.56 Å². The Labute approximate surface area is 90.5 Å². The van der Waals surface area contributed by atoms with Gasteiger partial charge in [-0.1, -0.05) is 15.9 Å². The van der Waals surface area contributed by atoms with Crippen LogP contribution in [0.25, 0.3) is 6.08 Å². The molecule has 0 amide bonds. The number of benzene rings is 1. The summed E-state index contributed by atoms with van der Waals surface area (Å²) >= 11 is 2.79. The van der Waals surface area contributed by atoms with E-state index in [4.69, 9.17) is 0 Å². The predicted molar refractivity (Wildman–Crippen MR) is 50.9 cm³/mol. The van der Waals surface area contributed by atoms with Gasteiger partial charge in [-0.15, -0.1) is 0 Å². The molecular formula is C8H3BrF3NO2. The van der Waals surface area contributed by atoms with Gasteiger partial charge < -0.3 is 0 Å². The lowest BCUT2D eigenvalue weighted by molar-refractivity contribution is -0.387. The average Bonchev–Trinajstić information content (AvgIpc) is 2.18. The van der Waals surface area contributed by atoms with Gasteiger partial charge in [0, 0.05) is 11.6 Å². The number of nitro groups is 1. The molecule has 0 atom stereocenters. The summed E-state index contributed by atoms with van der Waals surface area (Å²) in [5, 5.41) is 10.3. The second-order valence-corrected chi connectivity index (χ2v) is 3.01. The first kappa shape index (κ1) is 11.7. The number of hydrogen-bond acceptors (Lipinski definition) is 2. The maximum absolute atomic E-state index is 13.0. The van der Waals surface area contributed by atoms with Crippen molar-refractivity contribution >= 4 is 27.7 Å². The van der Waals surface area contributed by atoms with Crippen molar-refractivity contribution < 1.29 is 18.1 Å². The second kappa shape index (κ2) is 4.43. The minimum Gasteiger partial charge on any atom is -0.258 e. The van der Waals surface area contributed by atoms with Crippen molar-refractivity contribution in [2.75, 3.05) is 0 Å². The maximum Gasteiger partial charge on any atom is 0.308 e. The number of hydrogen-bond donors (Lipinski definition) is 0. The molecule has 1 aromatic rings. The molecule has 0 bridgehead atoms. The Morgan fingerprint density at radius 1 is 1.27 bits per heavy atom. The SMILES string of the molecule is O=[N+]([O-])c1cc(/C=C/Br)c(F)c(F)c1F. The molecule has 1 aromatic carbocycles. The summed E-state index contributed by atoms with van der Waals surface area (Å²) in [6.07, 6.45) is 1.03. The summed E-state index contributed by atoms with van der Waals surface area (Å²) < 4.78 is 38.7. The van der Waals surface area contributed by atoms with Gasteiger partial charge in [-0.25, -0.2) is 8.78 Å². The van der Waals surface area contributed by atoms with Crippen LogP contribution in [0, 0.1) is 27.6 Å². The molecule has 0 saturated carbocycles. The highest BCUT2D eigenvalue weighted by molar-refractivity contribution is 9.11. The van der Waals surface area contributed by atoms with Crippen LogP contribution in [0.3, 0.4) is 0 Å². The summed E-state index contributed by atoms with van der Waals surface area (Å²) in [4.78, 5) is 10.3. The van der Waals surface area contributed by atoms with E-state index in [0.717, 1.165) is 6.08 Å². The highest BCUT2D eigenvalue weighted by Gasteiger charge is 2.24. The minimum atomic E-state index is -1.86. The molecule has 0 aliphatic heterocycles. The lowest BCUT2D eigenvalue weighted by Gasteiger charge is -2.00. The molecule has 15 heavy (non-hydrogen) atoms. The lowest BCUT2D eigenvalue weighted by atomic mass is 10.1. The van der Waals surface area contributed by atoms with Crippen molar-refractivity contribution in [3.8, 4) is 0 Å². The molecule has 0 unspecified atom stereocenters. The zero-order valence-corrected chi connectivity index (χ0v) is 8.59. The minimum absolute atomic E-state index is 0.405. The van der Waals surface area contributed by atoms with E-state index in [1.54, 1.807) is 0 Å². The molecule has 0 fully saturated rings. The van der Waals surface area contributed by atoms with Crippen LogP contribution in [0.5, 0.6) is 0 Å². The van der Waals surface area contributed by atoms with Gasteiger partial charge in [0.1, 0.15) is 0 Å². The van der Waals surface area contributed by atoms with Crippen molar-refractivity contribution in [1.82, 2.24) is 0 Å². The lowest BCUT2D eigenvalue weighted by Crippen LogP contribution is -2.00. The Hall–Kier alpha value is -1.37. The number of nitrogens with zero attached hydrogens (tertiary/aromatic N) is 1. The Morgan fingerprint density at radius 3 is 2.33 bits per heavy atom. The Bertz CT molecular complexity index is 448. The molecule has 0 radical (unpaired) electrons. The molecule has 0 aliphatic carbocycles. The Morgan fingerprint density at radius 2 is 1.87 bits per heavy atom. The Balaban J connectivity index is 3.52. The van der Waals surface area contributed by atoms with Gasteiger partial charge in [0.2, 0.25) is 11.6 Å². The van der Waals surface area contributed by atoms with Crippen LogP contribution in [0.4, 0.5) is 18.9 Å². The van der Waals surface area contributed by atoms with E-state index >= 15 is 0 Å². The van der Waals surface area contributed by atoms with E-state index in [1.807, 2.05) is 0 Å². The third-order valence-corrected chi connectivity index (χ3v) is 1.86. The molecule has 80 valence electrons. The normalized spacial score (nSPS) is 10.9. The second-order valence-electron chi connectivity index (χ2n) is 2.48. The van der Waals surface area contributed by atoms with Gasteiger partial charge in [0.25, 0.3) is 0 Å². The molecule has 0 heterocycles. The summed E-state index contributed by atoms with van der Waals surface area (Å²) in [7, 11) is 0. The predicted octanol–water partition coefficient (Wildman–Crippen LogP) is 3.38. The van der Waals surface area contributed by atoms with Crippen molar-refractivity contribution in [3.63, 3.8) is 0 Å².